The first-order chi connectivity index (χ1) is 12.0. The quantitative estimate of drug-likeness (QED) is 0.409. The molecule has 1 aromatic heterocycles. The fourth-order valence-corrected chi connectivity index (χ4v) is 3.67. The molecule has 0 aliphatic heterocycles. The van der Waals surface area contributed by atoms with Crippen molar-refractivity contribution in [2.24, 2.45) is 5.92 Å². The van der Waals surface area contributed by atoms with E-state index in [1.807, 2.05) is 12.1 Å². The Morgan fingerprint density at radius 1 is 0.920 bits per heavy atom. The number of phenolic OH excluding ortho intramolecular Hbond substituents is 1. The second-order valence-electron chi connectivity index (χ2n) is 6.59. The van der Waals surface area contributed by atoms with Crippen LogP contribution in [-0.2, 0) is 6.42 Å². The van der Waals surface area contributed by atoms with Crippen LogP contribution < -0.4 is 5.32 Å². The summed E-state index contributed by atoms with van der Waals surface area (Å²) in [5.41, 5.74) is 3.28. The highest BCUT2D eigenvalue weighted by Crippen LogP contribution is 2.32. The number of aliphatic hydroxyl groups is 1. The van der Waals surface area contributed by atoms with Crippen LogP contribution in [0.4, 0.5) is 5.69 Å². The van der Waals surface area contributed by atoms with Gasteiger partial charge in [-0.3, -0.25) is 0 Å². The van der Waals surface area contributed by atoms with Gasteiger partial charge < -0.3 is 15.5 Å². The number of aromatic hydroxyl groups is 1. The van der Waals surface area contributed by atoms with Crippen LogP contribution in [0.15, 0.2) is 60.7 Å². The fraction of sp³-hybridized carbons (Fsp3) is 0.238. The minimum absolute atomic E-state index is 0.208. The number of phenols is 1. The first-order valence-electron chi connectivity index (χ1n) is 8.44. The van der Waals surface area contributed by atoms with Gasteiger partial charge in [0.2, 0.25) is 0 Å². The van der Waals surface area contributed by atoms with Gasteiger partial charge in [0.05, 0.1) is 4.88 Å². The molecule has 3 nitrogen and oxygen atoms in total. The number of thiophene rings is 1. The first kappa shape index (κ1) is 17.5. The summed E-state index contributed by atoms with van der Waals surface area (Å²) in [7, 11) is 0. The van der Waals surface area contributed by atoms with Gasteiger partial charge in [-0.25, -0.2) is 0 Å². The molecule has 130 valence electrons. The second kappa shape index (κ2) is 7.72. The Balaban J connectivity index is 1.69. The van der Waals surface area contributed by atoms with Gasteiger partial charge in [-0.05, 0) is 59.9 Å². The van der Waals surface area contributed by atoms with Crippen LogP contribution in [0, 0.1) is 5.92 Å². The largest absolute Gasteiger partial charge is 0.508 e. The standard InChI is InChI=1S/C21H23NO2S/c1-14(2)13-15-3-5-16(6-4-15)19-11-12-20(25-19)21(24)22-17-7-9-18(23)10-8-17/h3-12,14,21-24H,13H2,1-2H3. The van der Waals surface area contributed by atoms with Crippen molar-refractivity contribution in [2.45, 2.75) is 26.5 Å². The third-order valence-electron chi connectivity index (χ3n) is 3.95. The molecular weight excluding hydrogens is 330 g/mol. The Morgan fingerprint density at radius 2 is 1.60 bits per heavy atom. The number of nitrogens with one attached hydrogen (secondary N) is 1. The molecule has 1 heterocycles. The molecule has 0 amide bonds. The minimum Gasteiger partial charge on any atom is -0.508 e. The Bertz CT molecular complexity index is 807. The number of hydrogen-bond acceptors (Lipinski definition) is 4. The van der Waals surface area contributed by atoms with Gasteiger partial charge >= 0.3 is 0 Å². The van der Waals surface area contributed by atoms with Crippen molar-refractivity contribution in [1.29, 1.82) is 0 Å². The lowest BCUT2D eigenvalue weighted by molar-refractivity contribution is 0.212. The maximum atomic E-state index is 10.4. The van der Waals surface area contributed by atoms with Crippen molar-refractivity contribution in [3.63, 3.8) is 0 Å². The summed E-state index contributed by atoms with van der Waals surface area (Å²) >= 11 is 1.57. The molecule has 1 atom stereocenters. The van der Waals surface area contributed by atoms with Gasteiger partial charge in [0.1, 0.15) is 5.75 Å². The molecule has 3 rings (SSSR count). The highest BCUT2D eigenvalue weighted by Gasteiger charge is 2.11. The second-order valence-corrected chi connectivity index (χ2v) is 7.71. The maximum Gasteiger partial charge on any atom is 0.160 e. The van der Waals surface area contributed by atoms with Crippen LogP contribution in [0.25, 0.3) is 10.4 Å². The van der Waals surface area contributed by atoms with Crippen molar-refractivity contribution >= 4 is 17.0 Å². The van der Waals surface area contributed by atoms with Gasteiger partial charge in [0, 0.05) is 10.6 Å². The lowest BCUT2D eigenvalue weighted by atomic mass is 10.0. The Kier molecular flexibility index (Phi) is 5.41. The average molecular weight is 353 g/mol. The first-order valence-corrected chi connectivity index (χ1v) is 9.25. The highest BCUT2D eigenvalue weighted by molar-refractivity contribution is 7.15. The molecule has 0 aliphatic rings. The summed E-state index contributed by atoms with van der Waals surface area (Å²) in [6, 6.07) is 19.3. The summed E-state index contributed by atoms with van der Waals surface area (Å²) in [6.07, 6.45) is 0.314. The van der Waals surface area contributed by atoms with Gasteiger partial charge in [-0.1, -0.05) is 38.1 Å². The summed E-state index contributed by atoms with van der Waals surface area (Å²) in [4.78, 5) is 1.99. The van der Waals surface area contributed by atoms with Crippen molar-refractivity contribution in [2.75, 3.05) is 5.32 Å². The zero-order valence-electron chi connectivity index (χ0n) is 14.4. The van der Waals surface area contributed by atoms with Crippen LogP contribution in [0.5, 0.6) is 5.75 Å². The predicted octanol–water partition coefficient (Wildman–Crippen LogP) is 5.42. The van der Waals surface area contributed by atoms with E-state index >= 15 is 0 Å². The van der Waals surface area contributed by atoms with E-state index in [0.29, 0.717) is 5.92 Å². The fourth-order valence-electron chi connectivity index (χ4n) is 2.72. The lowest BCUT2D eigenvalue weighted by Gasteiger charge is -2.12. The summed E-state index contributed by atoms with van der Waals surface area (Å²) in [5.74, 6) is 0.861. The molecule has 0 bridgehead atoms. The average Bonchev–Trinajstić information content (AvgIpc) is 3.07. The van der Waals surface area contributed by atoms with E-state index in [0.717, 1.165) is 21.9 Å². The number of anilines is 1. The Hall–Kier alpha value is -2.30. The summed E-state index contributed by atoms with van der Waals surface area (Å²) in [5, 5.41) is 22.7. The molecule has 0 spiro atoms. The topological polar surface area (TPSA) is 52.5 Å². The van der Waals surface area contributed by atoms with Crippen molar-refractivity contribution < 1.29 is 10.2 Å². The van der Waals surface area contributed by atoms with E-state index in [4.69, 9.17) is 0 Å². The van der Waals surface area contributed by atoms with Crippen molar-refractivity contribution in [3.8, 4) is 16.2 Å². The van der Waals surface area contributed by atoms with E-state index in [1.165, 1.54) is 11.1 Å². The predicted molar refractivity (Wildman–Crippen MR) is 105 cm³/mol. The molecule has 3 N–H and O–H groups in total. The normalized spacial score (nSPS) is 12.3. The molecule has 0 fully saturated rings. The SMILES string of the molecule is CC(C)Cc1ccc(-c2ccc(C(O)Nc3ccc(O)cc3)s2)cc1. The molecule has 25 heavy (non-hydrogen) atoms. The zero-order chi connectivity index (χ0) is 17.8. The maximum absolute atomic E-state index is 10.4. The highest BCUT2D eigenvalue weighted by atomic mass is 32.1. The van der Waals surface area contributed by atoms with Crippen LogP contribution in [-0.4, -0.2) is 10.2 Å². The molecule has 0 saturated heterocycles. The van der Waals surface area contributed by atoms with Gasteiger partial charge in [0.25, 0.3) is 0 Å². The number of rotatable bonds is 6. The molecule has 0 radical (unpaired) electrons. The lowest BCUT2D eigenvalue weighted by Crippen LogP contribution is -2.07. The molecule has 1 unspecified atom stereocenters. The van der Waals surface area contributed by atoms with E-state index in [9.17, 15) is 10.2 Å². The summed E-state index contributed by atoms with van der Waals surface area (Å²) < 4.78 is 0. The number of aliphatic hydroxyl groups excluding tert-OH is 1. The number of benzene rings is 2. The third kappa shape index (κ3) is 4.62. The molecular formula is C21H23NO2S. The van der Waals surface area contributed by atoms with Gasteiger partial charge in [0.15, 0.2) is 6.23 Å². The Labute approximate surface area is 152 Å². The van der Waals surface area contributed by atoms with Gasteiger partial charge in [-0.2, -0.15) is 0 Å². The van der Waals surface area contributed by atoms with E-state index in [2.05, 4.69) is 43.4 Å². The van der Waals surface area contributed by atoms with E-state index in [-0.39, 0.29) is 5.75 Å². The van der Waals surface area contributed by atoms with Crippen molar-refractivity contribution in [3.05, 3.63) is 71.1 Å². The minimum atomic E-state index is -0.775. The molecule has 4 heteroatoms. The van der Waals surface area contributed by atoms with Crippen LogP contribution >= 0.6 is 11.3 Å². The van der Waals surface area contributed by atoms with Gasteiger partial charge in [-0.15, -0.1) is 11.3 Å². The van der Waals surface area contributed by atoms with Crippen LogP contribution in [0.3, 0.4) is 0 Å². The van der Waals surface area contributed by atoms with Crippen LogP contribution in [0.1, 0.15) is 30.5 Å². The van der Waals surface area contributed by atoms with Crippen molar-refractivity contribution in [1.82, 2.24) is 0 Å². The van der Waals surface area contributed by atoms with E-state index in [1.54, 1.807) is 35.6 Å². The third-order valence-corrected chi connectivity index (χ3v) is 5.14. The zero-order valence-corrected chi connectivity index (χ0v) is 15.3. The van der Waals surface area contributed by atoms with Crippen LogP contribution in [0.2, 0.25) is 0 Å². The molecule has 0 aliphatic carbocycles. The number of hydrogen-bond donors (Lipinski definition) is 3. The summed E-state index contributed by atoms with van der Waals surface area (Å²) in [6.45, 7) is 4.45. The monoisotopic (exact) mass is 353 g/mol. The smallest absolute Gasteiger partial charge is 0.160 e. The molecule has 2 aromatic carbocycles. The van der Waals surface area contributed by atoms with E-state index < -0.39 is 6.23 Å². The molecule has 0 saturated carbocycles. The molecule has 3 aromatic rings. The Morgan fingerprint density at radius 3 is 2.24 bits per heavy atom.